The molecule has 6 N–H and O–H groups in total. The molecule has 8 nitrogen and oxygen atoms in total. The Morgan fingerprint density at radius 2 is 1.47 bits per heavy atom. The zero-order chi connectivity index (χ0) is 12.4. The van der Waals surface area contributed by atoms with E-state index in [4.69, 9.17) is 28.8 Å². The second kappa shape index (κ2) is 4.55. The summed E-state index contributed by atoms with van der Waals surface area (Å²) in [5, 5.41) is 0.577. The molecular weight excluding hydrogens is 264 g/mol. The minimum absolute atomic E-state index is 0.00289. The van der Waals surface area contributed by atoms with Crippen molar-refractivity contribution in [3.05, 3.63) is 11.3 Å². The van der Waals surface area contributed by atoms with Crippen molar-refractivity contribution in [2.24, 2.45) is 0 Å². The number of halogens is 1. The lowest BCUT2D eigenvalue weighted by molar-refractivity contribution is 0.901. The topological polar surface area (TPSA) is 143 Å². The minimum Gasteiger partial charge on any atom is -0.383 e. The molecule has 0 saturated carbocycles. The molecule has 0 unspecified atom stereocenters. The predicted octanol–water partition coefficient (Wildman–Crippen LogP) is 0.213. The molecule has 0 saturated heterocycles. The standard InChI is InChI=1S/C7H7ClN8S/c8-4-14-5(11)16-7(15-4)17-6-12-2(9)1-3(10)13-6/h1H,(H4,9,10,12,13)(H2,11,14,15,16). The van der Waals surface area contributed by atoms with Crippen LogP contribution >= 0.6 is 23.4 Å². The molecule has 2 rings (SSSR count). The monoisotopic (exact) mass is 270 g/mol. The molecule has 0 aliphatic heterocycles. The first kappa shape index (κ1) is 11.6. The molecule has 88 valence electrons. The molecule has 2 aromatic heterocycles. The molecular formula is C7H7ClN8S. The van der Waals surface area contributed by atoms with E-state index in [-0.39, 0.29) is 28.0 Å². The SMILES string of the molecule is Nc1cc(N)nc(Sc2nc(N)nc(Cl)n2)n1. The van der Waals surface area contributed by atoms with E-state index in [9.17, 15) is 0 Å². The van der Waals surface area contributed by atoms with Crippen molar-refractivity contribution >= 4 is 40.9 Å². The second-order valence-corrected chi connectivity index (χ2v) is 4.12. The van der Waals surface area contributed by atoms with Gasteiger partial charge in [-0.25, -0.2) is 9.97 Å². The summed E-state index contributed by atoms with van der Waals surface area (Å²) in [6.07, 6.45) is 0. The van der Waals surface area contributed by atoms with Gasteiger partial charge in [0.2, 0.25) is 16.4 Å². The molecule has 0 spiro atoms. The van der Waals surface area contributed by atoms with Gasteiger partial charge in [0.1, 0.15) is 11.6 Å². The van der Waals surface area contributed by atoms with Gasteiger partial charge in [-0.2, -0.15) is 15.0 Å². The predicted molar refractivity (Wildman–Crippen MR) is 64.2 cm³/mol. The molecule has 0 radical (unpaired) electrons. The fourth-order valence-electron chi connectivity index (χ4n) is 0.981. The molecule has 0 fully saturated rings. The number of nitrogens with two attached hydrogens (primary N) is 3. The highest BCUT2D eigenvalue weighted by molar-refractivity contribution is 7.99. The van der Waals surface area contributed by atoms with Crippen molar-refractivity contribution in [3.63, 3.8) is 0 Å². The third kappa shape index (κ3) is 3.04. The molecule has 0 aliphatic rings. The first-order valence-electron chi connectivity index (χ1n) is 4.28. The molecule has 2 aromatic rings. The van der Waals surface area contributed by atoms with E-state index in [1.807, 2.05) is 0 Å². The summed E-state index contributed by atoms with van der Waals surface area (Å²) in [6, 6.07) is 1.44. The minimum atomic E-state index is -0.00289. The average Bonchev–Trinajstić information content (AvgIpc) is 2.13. The Labute approximate surface area is 105 Å². The molecule has 0 aromatic carbocycles. The van der Waals surface area contributed by atoms with Crippen LogP contribution in [0.4, 0.5) is 17.6 Å². The van der Waals surface area contributed by atoms with Crippen LogP contribution in [0.1, 0.15) is 0 Å². The number of aromatic nitrogens is 5. The molecule has 2 heterocycles. The van der Waals surface area contributed by atoms with Crippen LogP contribution in [0, 0.1) is 0 Å². The molecule has 17 heavy (non-hydrogen) atoms. The average molecular weight is 271 g/mol. The first-order chi connectivity index (χ1) is 8.02. The number of rotatable bonds is 2. The van der Waals surface area contributed by atoms with E-state index < -0.39 is 0 Å². The Morgan fingerprint density at radius 1 is 0.882 bits per heavy atom. The maximum absolute atomic E-state index is 5.63. The van der Waals surface area contributed by atoms with Gasteiger partial charge in [0.25, 0.3) is 0 Å². The van der Waals surface area contributed by atoms with Crippen LogP contribution in [0.15, 0.2) is 16.4 Å². The van der Waals surface area contributed by atoms with Crippen LogP contribution in [-0.4, -0.2) is 24.9 Å². The molecule has 0 aliphatic carbocycles. The summed E-state index contributed by atoms with van der Waals surface area (Å²) in [4.78, 5) is 19.3. The van der Waals surface area contributed by atoms with E-state index in [1.165, 1.54) is 6.07 Å². The zero-order valence-corrected chi connectivity index (χ0v) is 9.90. The fourth-order valence-corrected chi connectivity index (χ4v) is 1.93. The fraction of sp³-hybridized carbons (Fsp3) is 0. The van der Waals surface area contributed by atoms with E-state index in [2.05, 4.69) is 24.9 Å². The van der Waals surface area contributed by atoms with Gasteiger partial charge in [0.05, 0.1) is 0 Å². The van der Waals surface area contributed by atoms with Gasteiger partial charge in [-0.1, -0.05) is 0 Å². The van der Waals surface area contributed by atoms with Gasteiger partial charge in [0, 0.05) is 6.07 Å². The zero-order valence-electron chi connectivity index (χ0n) is 8.33. The first-order valence-corrected chi connectivity index (χ1v) is 5.47. The third-order valence-corrected chi connectivity index (χ3v) is 2.43. The summed E-state index contributed by atoms with van der Waals surface area (Å²) in [7, 11) is 0. The van der Waals surface area contributed by atoms with Gasteiger partial charge in [-0.15, -0.1) is 0 Å². The van der Waals surface area contributed by atoms with Crippen LogP contribution < -0.4 is 17.2 Å². The van der Waals surface area contributed by atoms with Crippen LogP contribution in [0.3, 0.4) is 0 Å². The van der Waals surface area contributed by atoms with E-state index in [0.29, 0.717) is 5.16 Å². The molecule has 10 heteroatoms. The number of hydrogen-bond donors (Lipinski definition) is 3. The third-order valence-electron chi connectivity index (χ3n) is 1.53. The summed E-state index contributed by atoms with van der Waals surface area (Å²) >= 11 is 6.67. The van der Waals surface area contributed by atoms with E-state index in [1.54, 1.807) is 0 Å². The van der Waals surface area contributed by atoms with Crippen molar-refractivity contribution < 1.29 is 0 Å². The Hall–Kier alpha value is -1.87. The van der Waals surface area contributed by atoms with Crippen molar-refractivity contribution in [2.45, 2.75) is 10.3 Å². The Bertz CT molecular complexity index is 472. The molecule has 0 atom stereocenters. The maximum atomic E-state index is 5.63. The summed E-state index contributed by atoms with van der Waals surface area (Å²) in [6.45, 7) is 0. The largest absolute Gasteiger partial charge is 0.383 e. The summed E-state index contributed by atoms with van der Waals surface area (Å²) < 4.78 is 0. The Balaban J connectivity index is 2.31. The number of nitrogens with zero attached hydrogens (tertiary/aromatic N) is 5. The quantitative estimate of drug-likeness (QED) is 0.652. The lowest BCUT2D eigenvalue weighted by atomic mass is 10.5. The van der Waals surface area contributed by atoms with Gasteiger partial charge in [-0.3, -0.25) is 0 Å². The molecule has 0 amide bonds. The van der Waals surface area contributed by atoms with E-state index in [0.717, 1.165) is 11.8 Å². The van der Waals surface area contributed by atoms with Gasteiger partial charge in [-0.05, 0) is 23.4 Å². The Morgan fingerprint density at radius 3 is 2.06 bits per heavy atom. The van der Waals surface area contributed by atoms with Crippen LogP contribution in [0.2, 0.25) is 5.28 Å². The second-order valence-electron chi connectivity index (χ2n) is 2.85. The highest BCUT2D eigenvalue weighted by Crippen LogP contribution is 2.23. The number of anilines is 3. The smallest absolute Gasteiger partial charge is 0.228 e. The maximum Gasteiger partial charge on any atom is 0.228 e. The van der Waals surface area contributed by atoms with Crippen molar-refractivity contribution in [1.29, 1.82) is 0 Å². The van der Waals surface area contributed by atoms with Gasteiger partial charge < -0.3 is 17.2 Å². The van der Waals surface area contributed by atoms with Crippen molar-refractivity contribution in [3.8, 4) is 0 Å². The van der Waals surface area contributed by atoms with Gasteiger partial charge >= 0.3 is 0 Å². The Kier molecular flexibility index (Phi) is 3.11. The van der Waals surface area contributed by atoms with E-state index >= 15 is 0 Å². The van der Waals surface area contributed by atoms with Crippen molar-refractivity contribution in [1.82, 2.24) is 24.9 Å². The normalized spacial score (nSPS) is 10.4. The summed E-state index contributed by atoms with van der Waals surface area (Å²) in [5.74, 6) is 0.533. The lowest BCUT2D eigenvalue weighted by Gasteiger charge is -2.02. The van der Waals surface area contributed by atoms with Crippen molar-refractivity contribution in [2.75, 3.05) is 17.2 Å². The van der Waals surface area contributed by atoms with Crippen LogP contribution in [0.5, 0.6) is 0 Å². The van der Waals surface area contributed by atoms with Crippen LogP contribution in [-0.2, 0) is 0 Å². The molecule has 0 bridgehead atoms. The highest BCUT2D eigenvalue weighted by Gasteiger charge is 2.08. The lowest BCUT2D eigenvalue weighted by Crippen LogP contribution is -2.02. The highest BCUT2D eigenvalue weighted by atomic mass is 35.5. The number of hydrogen-bond acceptors (Lipinski definition) is 9. The summed E-state index contributed by atoms with van der Waals surface area (Å²) in [5.41, 5.74) is 16.5. The van der Waals surface area contributed by atoms with Crippen LogP contribution in [0.25, 0.3) is 0 Å². The number of nitrogen functional groups attached to an aromatic ring is 3. The van der Waals surface area contributed by atoms with Gasteiger partial charge in [0.15, 0.2) is 5.16 Å².